The van der Waals surface area contributed by atoms with Crippen molar-refractivity contribution in [3.05, 3.63) is 34.9 Å². The number of amides is 1. The molecule has 0 aliphatic carbocycles. The maximum Gasteiger partial charge on any atom is 0.252 e. The Morgan fingerprint density at radius 3 is 2.57 bits per heavy atom. The molecule has 0 aliphatic heterocycles. The van der Waals surface area contributed by atoms with Crippen LogP contribution in [0.5, 0.6) is 0 Å². The highest BCUT2D eigenvalue weighted by Gasteiger charge is 2.32. The number of Topliss-reactive ketones (excluding diaryl/α,β-unsaturated/α-hetero) is 1. The van der Waals surface area contributed by atoms with E-state index in [0.29, 0.717) is 23.2 Å². The zero-order chi connectivity index (χ0) is 16.2. The highest BCUT2D eigenvalue weighted by molar-refractivity contribution is 6.34. The summed E-state index contributed by atoms with van der Waals surface area (Å²) in [6, 6.07) is 3.03. The first-order chi connectivity index (χ1) is 9.78. The number of nitrogens with one attached hydrogen (secondary N) is 1. The van der Waals surface area contributed by atoms with Gasteiger partial charge < -0.3 is 11.1 Å². The zero-order valence-corrected chi connectivity index (χ0v) is 13.5. The number of carbonyl (C=O) groups is 2. The van der Waals surface area contributed by atoms with Crippen LogP contribution in [0.1, 0.15) is 36.2 Å². The third-order valence-corrected chi connectivity index (χ3v) is 4.03. The summed E-state index contributed by atoms with van der Waals surface area (Å²) in [6.07, 6.45) is 1.95. The topological polar surface area (TPSA) is 72.2 Å². The van der Waals surface area contributed by atoms with Crippen LogP contribution in [0.15, 0.2) is 18.7 Å². The number of halogens is 2. The monoisotopic (exact) mass is 328 g/mol. The summed E-state index contributed by atoms with van der Waals surface area (Å²) in [5, 5.41) is 2.96. The number of nitrogens with two attached hydrogens (primary N) is 1. The van der Waals surface area contributed by atoms with Gasteiger partial charge in [-0.1, -0.05) is 31.2 Å². The molecule has 3 N–H and O–H groups in total. The third kappa shape index (κ3) is 3.77. The largest absolute Gasteiger partial charge is 0.397 e. The van der Waals surface area contributed by atoms with Crippen molar-refractivity contribution in [2.75, 3.05) is 11.6 Å². The summed E-state index contributed by atoms with van der Waals surface area (Å²) in [5.41, 5.74) is 6.00. The van der Waals surface area contributed by atoms with Crippen molar-refractivity contribution in [3.63, 3.8) is 0 Å². The smallest absolute Gasteiger partial charge is 0.252 e. The van der Waals surface area contributed by atoms with Crippen LogP contribution < -0.4 is 11.1 Å². The van der Waals surface area contributed by atoms with Crippen LogP contribution in [0.25, 0.3) is 6.08 Å². The average Bonchev–Trinajstić information content (AvgIpc) is 2.48. The number of ketones is 1. The SMILES string of the molecule is C=Cc1cc(C(=O)NC(C)(CC)C(=O)CCl)cc(Cl)c1N. The maximum atomic E-state index is 12.3. The van der Waals surface area contributed by atoms with Gasteiger partial charge in [-0.2, -0.15) is 0 Å². The highest BCUT2D eigenvalue weighted by atomic mass is 35.5. The van der Waals surface area contributed by atoms with Crippen LogP contribution in [-0.4, -0.2) is 23.1 Å². The van der Waals surface area contributed by atoms with Crippen LogP contribution in [0.3, 0.4) is 0 Å². The van der Waals surface area contributed by atoms with E-state index in [9.17, 15) is 9.59 Å². The Bertz CT molecular complexity index is 587. The Morgan fingerprint density at radius 1 is 1.48 bits per heavy atom. The molecule has 0 bridgehead atoms. The Kier molecular flexibility index (Phi) is 5.81. The molecule has 0 fully saturated rings. The maximum absolute atomic E-state index is 12.3. The van der Waals surface area contributed by atoms with Crippen molar-refractivity contribution in [2.45, 2.75) is 25.8 Å². The van der Waals surface area contributed by atoms with Gasteiger partial charge in [0, 0.05) is 5.56 Å². The van der Waals surface area contributed by atoms with E-state index in [1.165, 1.54) is 12.1 Å². The minimum atomic E-state index is -1.01. The summed E-state index contributed by atoms with van der Waals surface area (Å²) in [5.74, 6) is -0.821. The second-order valence-electron chi connectivity index (χ2n) is 4.86. The Balaban J connectivity index is 3.12. The molecule has 1 atom stereocenters. The average molecular weight is 329 g/mol. The minimum absolute atomic E-state index is 0.162. The first-order valence-electron chi connectivity index (χ1n) is 6.42. The molecule has 0 aromatic heterocycles. The highest BCUT2D eigenvalue weighted by Crippen LogP contribution is 2.26. The second kappa shape index (κ2) is 6.96. The van der Waals surface area contributed by atoms with Crippen molar-refractivity contribution in [2.24, 2.45) is 0 Å². The summed E-state index contributed by atoms with van der Waals surface area (Å²) in [6.45, 7) is 7.07. The summed E-state index contributed by atoms with van der Waals surface area (Å²) in [4.78, 5) is 24.2. The Labute approximate surface area is 134 Å². The molecule has 0 aliphatic rings. The Morgan fingerprint density at radius 2 is 2.10 bits per heavy atom. The van der Waals surface area contributed by atoms with E-state index in [-0.39, 0.29) is 16.7 Å². The molecular weight excluding hydrogens is 311 g/mol. The van der Waals surface area contributed by atoms with Gasteiger partial charge in [0.1, 0.15) is 0 Å². The van der Waals surface area contributed by atoms with Crippen molar-refractivity contribution >= 4 is 46.7 Å². The molecule has 0 spiro atoms. The number of hydrogen-bond donors (Lipinski definition) is 2. The van der Waals surface area contributed by atoms with Gasteiger partial charge in [0.2, 0.25) is 0 Å². The van der Waals surface area contributed by atoms with Crippen molar-refractivity contribution in [1.82, 2.24) is 5.32 Å². The molecule has 114 valence electrons. The van der Waals surface area contributed by atoms with Crippen molar-refractivity contribution < 1.29 is 9.59 Å². The predicted octanol–water partition coefficient (Wildman–Crippen LogP) is 3.27. The van der Waals surface area contributed by atoms with Gasteiger partial charge in [0.15, 0.2) is 5.78 Å². The lowest BCUT2D eigenvalue weighted by Gasteiger charge is -2.27. The van der Waals surface area contributed by atoms with Crippen LogP contribution in [-0.2, 0) is 4.79 Å². The van der Waals surface area contributed by atoms with Gasteiger partial charge in [0.05, 0.1) is 22.1 Å². The fourth-order valence-corrected chi connectivity index (χ4v) is 2.29. The summed E-state index contributed by atoms with van der Waals surface area (Å²) in [7, 11) is 0. The first kappa shape index (κ1) is 17.5. The fourth-order valence-electron chi connectivity index (χ4n) is 1.76. The zero-order valence-electron chi connectivity index (χ0n) is 12.0. The van der Waals surface area contributed by atoms with Crippen LogP contribution in [0, 0.1) is 0 Å². The van der Waals surface area contributed by atoms with Crippen LogP contribution in [0.4, 0.5) is 5.69 Å². The molecule has 1 aromatic rings. The molecule has 1 aromatic carbocycles. The van der Waals surface area contributed by atoms with Crippen LogP contribution in [0.2, 0.25) is 5.02 Å². The molecule has 4 nitrogen and oxygen atoms in total. The fraction of sp³-hybridized carbons (Fsp3) is 0.333. The summed E-state index contributed by atoms with van der Waals surface area (Å²) < 4.78 is 0. The lowest BCUT2D eigenvalue weighted by molar-refractivity contribution is -0.122. The van der Waals surface area contributed by atoms with E-state index < -0.39 is 11.4 Å². The van der Waals surface area contributed by atoms with Gasteiger partial charge in [-0.05, 0) is 31.0 Å². The second-order valence-corrected chi connectivity index (χ2v) is 5.54. The molecule has 21 heavy (non-hydrogen) atoms. The number of hydrogen-bond acceptors (Lipinski definition) is 3. The molecule has 6 heteroatoms. The van der Waals surface area contributed by atoms with Crippen molar-refractivity contribution in [1.29, 1.82) is 0 Å². The quantitative estimate of drug-likeness (QED) is 0.621. The standard InChI is InChI=1S/C15H18Cl2N2O2/c1-4-9-6-10(7-11(17)13(9)18)14(21)19-15(3,5-2)12(20)8-16/h4,6-7H,1,5,8,18H2,2-3H3,(H,19,21). The minimum Gasteiger partial charge on any atom is -0.397 e. The lowest BCUT2D eigenvalue weighted by Crippen LogP contribution is -2.52. The van der Waals surface area contributed by atoms with E-state index in [1.807, 2.05) is 0 Å². The molecular formula is C15H18Cl2N2O2. The lowest BCUT2D eigenvalue weighted by atomic mass is 9.93. The van der Waals surface area contributed by atoms with E-state index in [4.69, 9.17) is 28.9 Å². The van der Waals surface area contributed by atoms with Gasteiger partial charge in [-0.15, -0.1) is 11.6 Å². The van der Waals surface area contributed by atoms with E-state index >= 15 is 0 Å². The molecule has 1 rings (SSSR count). The molecule has 1 amide bonds. The predicted molar refractivity (Wildman–Crippen MR) is 87.8 cm³/mol. The van der Waals surface area contributed by atoms with Crippen LogP contribution >= 0.6 is 23.2 Å². The Hall–Kier alpha value is -1.52. The van der Waals surface area contributed by atoms with E-state index in [0.717, 1.165) is 0 Å². The number of nitrogen functional groups attached to an aromatic ring is 1. The van der Waals surface area contributed by atoms with E-state index in [1.54, 1.807) is 19.9 Å². The number of carbonyl (C=O) groups excluding carboxylic acids is 2. The van der Waals surface area contributed by atoms with Gasteiger partial charge >= 0.3 is 0 Å². The van der Waals surface area contributed by atoms with E-state index in [2.05, 4.69) is 11.9 Å². The molecule has 0 saturated heterocycles. The first-order valence-corrected chi connectivity index (χ1v) is 7.33. The van der Waals surface area contributed by atoms with Gasteiger partial charge in [-0.3, -0.25) is 9.59 Å². The van der Waals surface area contributed by atoms with Crippen molar-refractivity contribution in [3.8, 4) is 0 Å². The molecule has 0 heterocycles. The number of benzene rings is 1. The number of anilines is 1. The van der Waals surface area contributed by atoms with Gasteiger partial charge in [0.25, 0.3) is 5.91 Å². The molecule has 1 unspecified atom stereocenters. The normalized spacial score (nSPS) is 13.3. The number of alkyl halides is 1. The molecule has 0 radical (unpaired) electrons. The van der Waals surface area contributed by atoms with Gasteiger partial charge in [-0.25, -0.2) is 0 Å². The third-order valence-electron chi connectivity index (χ3n) is 3.48. The molecule has 0 saturated carbocycles. The number of rotatable bonds is 6. The summed E-state index contributed by atoms with van der Waals surface area (Å²) >= 11 is 11.6.